The number of amides is 2. The third kappa shape index (κ3) is 14.1. The number of nitrogen functional groups attached to an aromatic ring is 1. The number of aliphatic hydroxyl groups is 2. The number of thioether (sulfide) groups is 1. The van der Waals surface area contributed by atoms with E-state index in [1.54, 1.807) is 0 Å². The molecule has 3 rings (SSSR count). The topological polar surface area (TPSA) is 401 Å². The normalized spacial score (nSPS) is 22.2. The Bertz CT molecular complexity index is 1880. The quantitative estimate of drug-likeness (QED) is 0.0489. The van der Waals surface area contributed by atoms with Gasteiger partial charge in [0.05, 0.1) is 26.0 Å². The van der Waals surface area contributed by atoms with E-state index in [2.05, 4.69) is 34.4 Å². The number of carbonyl (C=O) groups excluding carboxylic acids is 3. The number of imidazole rings is 1. The number of aliphatic hydroxyl groups excluding tert-OH is 2. The third-order valence-corrected chi connectivity index (χ3v) is 11.8. The molecule has 2 amide bonds. The summed E-state index contributed by atoms with van der Waals surface area (Å²) in [7, 11) is -16.4. The summed E-state index contributed by atoms with van der Waals surface area (Å²) in [5, 5.41) is 34.6. The van der Waals surface area contributed by atoms with Gasteiger partial charge < -0.3 is 56.0 Å². The predicted molar refractivity (Wildman–Crippen MR) is 189 cm³/mol. The molecule has 8 atom stereocenters. The Morgan fingerprint density at radius 1 is 1.05 bits per heavy atom. The summed E-state index contributed by atoms with van der Waals surface area (Å²) in [6, 6.07) is 0. The van der Waals surface area contributed by atoms with Gasteiger partial charge in [0.15, 0.2) is 22.8 Å². The lowest BCUT2D eigenvalue weighted by molar-refractivity contribution is -0.139. The maximum absolute atomic E-state index is 12.7. The second kappa shape index (κ2) is 19.7. The molecule has 1 aliphatic rings. The average molecular weight is 882 g/mol. The monoisotopic (exact) mass is 881 g/mol. The van der Waals surface area contributed by atoms with Crippen molar-refractivity contribution in [1.29, 1.82) is 0 Å². The largest absolute Gasteiger partial charge is 0.481 e. The van der Waals surface area contributed by atoms with Crippen LogP contribution in [0.5, 0.6) is 0 Å². The number of nitrogens with one attached hydrogen (secondary N) is 2. The molecule has 1 aliphatic heterocycles. The zero-order valence-corrected chi connectivity index (χ0v) is 33.2. The van der Waals surface area contributed by atoms with E-state index in [0.29, 0.717) is 0 Å². The zero-order chi connectivity index (χ0) is 42.2. The molecular weight excluding hydrogens is 839 g/mol. The number of aliphatic carboxylic acids is 1. The SMILES string of the molecule is CC(CC(=O)O)C(=O)SCCNC(=O)CCNC(=O)[C@H](O)C(C)(C)COP(=O)(O)OP(=O)(O)OC[C@H]1O[C@@H](n2cnc3c(N)ncnc32)[C@H](O)[C@@H]1OP(=O)(O)O. The molecule has 1 fully saturated rings. The van der Waals surface area contributed by atoms with Crippen LogP contribution in [-0.2, 0) is 55.5 Å². The molecule has 0 spiro atoms. The van der Waals surface area contributed by atoms with Crippen molar-refractivity contribution in [1.82, 2.24) is 30.2 Å². The van der Waals surface area contributed by atoms with E-state index >= 15 is 0 Å². The van der Waals surface area contributed by atoms with Crippen LogP contribution < -0.4 is 16.4 Å². The van der Waals surface area contributed by atoms with Gasteiger partial charge in [0, 0.05) is 36.6 Å². The van der Waals surface area contributed by atoms with Gasteiger partial charge in [0.25, 0.3) is 0 Å². The van der Waals surface area contributed by atoms with Gasteiger partial charge in [-0.25, -0.2) is 28.6 Å². The summed E-state index contributed by atoms with van der Waals surface area (Å²) < 4.78 is 61.9. The molecule has 2 aromatic heterocycles. The zero-order valence-electron chi connectivity index (χ0n) is 29.7. The lowest BCUT2D eigenvalue weighted by Gasteiger charge is -2.30. The lowest BCUT2D eigenvalue weighted by Crippen LogP contribution is -2.46. The first-order valence-corrected chi connectivity index (χ1v) is 21.6. The highest BCUT2D eigenvalue weighted by Gasteiger charge is 2.50. The highest BCUT2D eigenvalue weighted by Crippen LogP contribution is 2.61. The van der Waals surface area contributed by atoms with Gasteiger partial charge in [-0.3, -0.25) is 37.3 Å². The fraction of sp³-hybridized carbons (Fsp3) is 0.654. The number of phosphoric ester groups is 3. The number of nitrogens with two attached hydrogens (primary N) is 1. The standard InChI is InChI=1S/C26H42N7O19P3S/c1-13(8-16(35)36)25(40)56-7-6-28-15(34)4-5-29-23(39)20(38)26(2,3)10-49-55(46,47)52-54(44,45)48-9-14-19(51-53(41,42)43)18(37)24(50-14)33-12-32-17-21(27)30-11-31-22(17)33/h11-14,18-20,24,37-38H,4-10H2,1-3H3,(H,28,34)(H,29,39)(H,35,36)(H,44,45)(H,46,47)(H2,27,30,31)(H2,41,42,43)/t13?,14-,18-,19-,20+,24-/m1/s1. The molecule has 2 aromatic rings. The molecule has 56 heavy (non-hydrogen) atoms. The summed E-state index contributed by atoms with van der Waals surface area (Å²) in [5.74, 6) is -3.23. The van der Waals surface area contributed by atoms with Crippen molar-refractivity contribution >= 4 is 75.1 Å². The maximum Gasteiger partial charge on any atom is 0.481 e. The average Bonchev–Trinajstić information content (AvgIpc) is 3.64. The van der Waals surface area contributed by atoms with Gasteiger partial charge >= 0.3 is 29.4 Å². The van der Waals surface area contributed by atoms with Crippen LogP contribution in [0.1, 0.15) is 39.8 Å². The first-order valence-electron chi connectivity index (χ1n) is 16.1. The van der Waals surface area contributed by atoms with Crippen molar-refractivity contribution < 1.29 is 90.4 Å². The smallest absolute Gasteiger partial charge is 0.481 e. The number of ether oxygens (including phenoxy) is 1. The van der Waals surface area contributed by atoms with E-state index in [-0.39, 0.29) is 53.8 Å². The van der Waals surface area contributed by atoms with E-state index in [1.807, 2.05) is 0 Å². The van der Waals surface area contributed by atoms with E-state index in [4.69, 9.17) is 24.6 Å². The summed E-state index contributed by atoms with van der Waals surface area (Å²) >= 11 is 0.857. The maximum atomic E-state index is 12.7. The molecule has 26 nitrogen and oxygen atoms in total. The summed E-state index contributed by atoms with van der Waals surface area (Å²) in [5.41, 5.74) is 4.20. The van der Waals surface area contributed by atoms with Crippen LogP contribution in [0.2, 0.25) is 0 Å². The molecule has 0 aromatic carbocycles. The van der Waals surface area contributed by atoms with Gasteiger partial charge in [-0.05, 0) is 0 Å². The number of carbonyl (C=O) groups is 4. The minimum Gasteiger partial charge on any atom is -0.481 e. The number of hydrogen-bond donors (Lipinski definition) is 10. The molecule has 1 saturated heterocycles. The summed E-state index contributed by atoms with van der Waals surface area (Å²) in [4.78, 5) is 98.0. The van der Waals surface area contributed by atoms with Gasteiger partial charge in [-0.2, -0.15) is 4.31 Å². The number of fused-ring (bicyclic) bond motifs is 1. The first-order chi connectivity index (χ1) is 25.8. The van der Waals surface area contributed by atoms with Crippen molar-refractivity contribution in [2.45, 2.75) is 64.3 Å². The van der Waals surface area contributed by atoms with E-state index < -0.39 is 96.4 Å². The molecule has 3 heterocycles. The van der Waals surface area contributed by atoms with Gasteiger partial charge in [-0.15, -0.1) is 0 Å². The molecule has 0 radical (unpaired) electrons. The van der Waals surface area contributed by atoms with Crippen molar-refractivity contribution in [2.75, 3.05) is 37.8 Å². The highest BCUT2D eigenvalue weighted by atomic mass is 32.2. The second-order valence-corrected chi connectivity index (χ2v) is 18.1. The van der Waals surface area contributed by atoms with Gasteiger partial charge in [0.2, 0.25) is 11.8 Å². The molecule has 0 saturated carbocycles. The van der Waals surface area contributed by atoms with Gasteiger partial charge in [0.1, 0.15) is 36.3 Å². The van der Waals surface area contributed by atoms with Crippen molar-refractivity contribution in [3.63, 3.8) is 0 Å². The summed E-state index contributed by atoms with van der Waals surface area (Å²) in [6.07, 6.45) is -7.42. The Morgan fingerprint density at radius 2 is 1.71 bits per heavy atom. The van der Waals surface area contributed by atoms with E-state index in [0.717, 1.165) is 29.0 Å². The number of aromatic nitrogens is 4. The Kier molecular flexibility index (Phi) is 16.6. The summed E-state index contributed by atoms with van der Waals surface area (Å²) in [6.45, 7) is 1.67. The Balaban J connectivity index is 1.49. The number of rotatable bonds is 22. The molecule has 0 aliphatic carbocycles. The van der Waals surface area contributed by atoms with Crippen molar-refractivity contribution in [3.05, 3.63) is 12.7 Å². The Morgan fingerprint density at radius 3 is 2.36 bits per heavy atom. The van der Waals surface area contributed by atoms with E-state index in [1.165, 1.54) is 20.8 Å². The van der Waals surface area contributed by atoms with Crippen LogP contribution in [-0.4, -0.2) is 134 Å². The number of anilines is 1. The fourth-order valence-electron chi connectivity index (χ4n) is 4.77. The molecule has 3 unspecified atom stereocenters. The number of carboxylic acid groups (broad SMARTS) is 1. The van der Waals surface area contributed by atoms with Crippen LogP contribution in [0, 0.1) is 11.3 Å². The molecule has 316 valence electrons. The number of nitrogens with zero attached hydrogens (tertiary/aromatic N) is 4. The van der Waals surface area contributed by atoms with Gasteiger partial charge in [-0.1, -0.05) is 32.5 Å². The fourth-order valence-corrected chi connectivity index (χ4v) is 8.37. The number of phosphoric acid groups is 3. The second-order valence-electron chi connectivity index (χ2n) is 12.7. The van der Waals surface area contributed by atoms with Crippen LogP contribution in [0.3, 0.4) is 0 Å². The molecule has 30 heteroatoms. The Labute approximate surface area is 321 Å². The minimum absolute atomic E-state index is 0.0195. The highest BCUT2D eigenvalue weighted by molar-refractivity contribution is 8.13. The Hall–Kier alpha value is -2.97. The molecule has 0 bridgehead atoms. The minimum atomic E-state index is -5.59. The van der Waals surface area contributed by atoms with Crippen molar-refractivity contribution in [2.24, 2.45) is 11.3 Å². The molecule has 11 N–H and O–H groups in total. The lowest BCUT2D eigenvalue weighted by atomic mass is 9.87. The predicted octanol–water partition coefficient (Wildman–Crippen LogP) is -1.22. The number of hydrogen-bond acceptors (Lipinski definition) is 19. The van der Waals surface area contributed by atoms with E-state index in [9.17, 15) is 62.7 Å². The van der Waals surface area contributed by atoms with Crippen LogP contribution >= 0.6 is 35.2 Å². The first kappa shape index (κ1) is 47.4. The third-order valence-electron chi connectivity index (χ3n) is 7.63. The van der Waals surface area contributed by atoms with Crippen LogP contribution in [0.15, 0.2) is 12.7 Å². The number of carboxylic acids is 1. The van der Waals surface area contributed by atoms with Crippen LogP contribution in [0.25, 0.3) is 11.2 Å². The molecular formula is C26H42N7O19P3S. The van der Waals surface area contributed by atoms with Crippen LogP contribution in [0.4, 0.5) is 5.82 Å². The van der Waals surface area contributed by atoms with Crippen molar-refractivity contribution in [3.8, 4) is 0 Å².